The minimum Gasteiger partial charge on any atom is -0.303 e. The predicted octanol–water partition coefficient (Wildman–Crippen LogP) is 2.33. The molecule has 0 spiro atoms. The molecule has 1 heterocycles. The first-order valence-electron chi connectivity index (χ1n) is 4.84. The van der Waals surface area contributed by atoms with Crippen LogP contribution in [0.4, 0.5) is 0 Å². The van der Waals surface area contributed by atoms with Crippen molar-refractivity contribution in [2.45, 2.75) is 32.6 Å². The molecule has 1 saturated heterocycles. The fourth-order valence-electron chi connectivity index (χ4n) is 1.88. The van der Waals surface area contributed by atoms with Crippen LogP contribution < -0.4 is 0 Å². The number of rotatable bonds is 2. The van der Waals surface area contributed by atoms with Gasteiger partial charge in [-0.25, -0.2) is 0 Å². The molecule has 11 heavy (non-hydrogen) atoms. The predicted molar refractivity (Wildman–Crippen MR) is 49.4 cm³/mol. The molecule has 0 amide bonds. The summed E-state index contributed by atoms with van der Waals surface area (Å²) in [4.78, 5) is 2.56. The standard InChI is InChI=1S/C10H20N/c1-3-7-11-8-5-4-6-10(2)9-11/h10H,1,3-9H2,2H3/t10-/m0/s1. The summed E-state index contributed by atoms with van der Waals surface area (Å²) in [7, 11) is 0. The summed E-state index contributed by atoms with van der Waals surface area (Å²) < 4.78 is 0. The van der Waals surface area contributed by atoms with E-state index >= 15 is 0 Å². The van der Waals surface area contributed by atoms with Crippen LogP contribution in [0.15, 0.2) is 0 Å². The third kappa shape index (κ3) is 3.24. The van der Waals surface area contributed by atoms with Gasteiger partial charge in [0.05, 0.1) is 0 Å². The number of hydrogen-bond acceptors (Lipinski definition) is 1. The zero-order chi connectivity index (χ0) is 8.10. The molecule has 0 aromatic rings. The summed E-state index contributed by atoms with van der Waals surface area (Å²) in [6.07, 6.45) is 5.31. The maximum absolute atomic E-state index is 3.89. The maximum Gasteiger partial charge on any atom is 0.000702 e. The van der Waals surface area contributed by atoms with Gasteiger partial charge >= 0.3 is 0 Å². The van der Waals surface area contributed by atoms with Crippen LogP contribution in [0.25, 0.3) is 0 Å². The van der Waals surface area contributed by atoms with Gasteiger partial charge in [0.1, 0.15) is 0 Å². The van der Waals surface area contributed by atoms with Gasteiger partial charge in [0.15, 0.2) is 0 Å². The van der Waals surface area contributed by atoms with Crippen LogP contribution in [0.2, 0.25) is 0 Å². The van der Waals surface area contributed by atoms with Crippen molar-refractivity contribution in [2.24, 2.45) is 5.92 Å². The van der Waals surface area contributed by atoms with Crippen molar-refractivity contribution in [1.82, 2.24) is 4.90 Å². The van der Waals surface area contributed by atoms with Crippen molar-refractivity contribution in [3.8, 4) is 0 Å². The molecule has 1 heteroatoms. The molecule has 65 valence electrons. The van der Waals surface area contributed by atoms with Gasteiger partial charge in [-0.1, -0.05) is 20.3 Å². The Hall–Kier alpha value is -0.0400. The van der Waals surface area contributed by atoms with Gasteiger partial charge < -0.3 is 4.90 Å². The molecule has 1 nitrogen and oxygen atoms in total. The molecule has 0 N–H and O–H groups in total. The van der Waals surface area contributed by atoms with E-state index in [9.17, 15) is 0 Å². The largest absolute Gasteiger partial charge is 0.303 e. The molecule has 1 atom stereocenters. The lowest BCUT2D eigenvalue weighted by Crippen LogP contribution is -2.28. The van der Waals surface area contributed by atoms with Crippen LogP contribution in [0.5, 0.6) is 0 Å². The molecule has 0 bridgehead atoms. The normalized spacial score (nSPS) is 28.4. The van der Waals surface area contributed by atoms with Crippen LogP contribution >= 0.6 is 0 Å². The van der Waals surface area contributed by atoms with Gasteiger partial charge in [-0.05, 0) is 38.3 Å². The topological polar surface area (TPSA) is 3.24 Å². The highest BCUT2D eigenvalue weighted by molar-refractivity contribution is 4.68. The van der Waals surface area contributed by atoms with E-state index in [1.54, 1.807) is 0 Å². The Morgan fingerprint density at radius 2 is 2.27 bits per heavy atom. The van der Waals surface area contributed by atoms with Crippen LogP contribution in [0, 0.1) is 12.8 Å². The third-order valence-electron chi connectivity index (χ3n) is 2.47. The molecule has 0 aliphatic carbocycles. The number of nitrogens with zero attached hydrogens (tertiary/aromatic N) is 1. The first kappa shape index (κ1) is 9.05. The lowest BCUT2D eigenvalue weighted by Gasteiger charge is -2.21. The zero-order valence-electron chi connectivity index (χ0n) is 7.68. The highest BCUT2D eigenvalue weighted by Crippen LogP contribution is 2.15. The highest BCUT2D eigenvalue weighted by atomic mass is 15.1. The molecule has 1 fully saturated rings. The zero-order valence-corrected chi connectivity index (χ0v) is 7.68. The Labute approximate surface area is 70.8 Å². The Bertz CT molecular complexity index is 101. The second-order valence-electron chi connectivity index (χ2n) is 3.76. The van der Waals surface area contributed by atoms with Crippen LogP contribution in [-0.2, 0) is 0 Å². The van der Waals surface area contributed by atoms with E-state index in [1.165, 1.54) is 38.9 Å². The van der Waals surface area contributed by atoms with Gasteiger partial charge in [-0.3, -0.25) is 0 Å². The second-order valence-corrected chi connectivity index (χ2v) is 3.76. The molecule has 1 aliphatic rings. The van der Waals surface area contributed by atoms with Crippen molar-refractivity contribution in [3.05, 3.63) is 6.92 Å². The first-order valence-corrected chi connectivity index (χ1v) is 4.84. The van der Waals surface area contributed by atoms with Gasteiger partial charge in [0.25, 0.3) is 0 Å². The second kappa shape index (κ2) is 4.76. The minimum atomic E-state index is 0.907. The summed E-state index contributed by atoms with van der Waals surface area (Å²) in [5.41, 5.74) is 0. The van der Waals surface area contributed by atoms with Crippen molar-refractivity contribution in [1.29, 1.82) is 0 Å². The van der Waals surface area contributed by atoms with Gasteiger partial charge in [0, 0.05) is 6.54 Å². The van der Waals surface area contributed by atoms with E-state index in [0.717, 1.165) is 12.3 Å². The molecule has 0 saturated carbocycles. The van der Waals surface area contributed by atoms with Crippen LogP contribution in [0.1, 0.15) is 32.6 Å². The summed E-state index contributed by atoms with van der Waals surface area (Å²) in [6.45, 7) is 10.1. The molecule has 1 aliphatic heterocycles. The summed E-state index contributed by atoms with van der Waals surface area (Å²) in [5, 5.41) is 0. The molecule has 0 aromatic carbocycles. The van der Waals surface area contributed by atoms with E-state index in [0.29, 0.717) is 0 Å². The van der Waals surface area contributed by atoms with Crippen molar-refractivity contribution in [2.75, 3.05) is 19.6 Å². The Morgan fingerprint density at radius 1 is 1.45 bits per heavy atom. The Morgan fingerprint density at radius 3 is 3.00 bits per heavy atom. The van der Waals surface area contributed by atoms with E-state index < -0.39 is 0 Å². The average Bonchev–Trinajstić information content (AvgIpc) is 2.15. The van der Waals surface area contributed by atoms with Crippen LogP contribution in [0.3, 0.4) is 0 Å². The Kier molecular flexibility index (Phi) is 3.92. The third-order valence-corrected chi connectivity index (χ3v) is 2.47. The quantitative estimate of drug-likeness (QED) is 0.590. The smallest absolute Gasteiger partial charge is 0.000702 e. The van der Waals surface area contributed by atoms with Crippen LogP contribution in [-0.4, -0.2) is 24.5 Å². The van der Waals surface area contributed by atoms with E-state index in [4.69, 9.17) is 0 Å². The lowest BCUT2D eigenvalue weighted by atomic mass is 10.1. The molecular formula is C10H20N. The number of likely N-dealkylation sites (tertiary alicyclic amines) is 1. The average molecular weight is 154 g/mol. The van der Waals surface area contributed by atoms with E-state index in [1.807, 2.05) is 0 Å². The SMILES string of the molecule is [CH2]CCN1CCCC[C@H](C)C1. The summed E-state index contributed by atoms with van der Waals surface area (Å²) in [6, 6.07) is 0. The maximum atomic E-state index is 3.89. The van der Waals surface area contributed by atoms with E-state index in [2.05, 4.69) is 18.7 Å². The fraction of sp³-hybridized carbons (Fsp3) is 0.900. The fourth-order valence-corrected chi connectivity index (χ4v) is 1.88. The van der Waals surface area contributed by atoms with Gasteiger partial charge in [-0.2, -0.15) is 0 Å². The molecule has 0 unspecified atom stereocenters. The molecule has 0 aromatic heterocycles. The lowest BCUT2D eigenvalue weighted by molar-refractivity contribution is 0.260. The summed E-state index contributed by atoms with van der Waals surface area (Å²) >= 11 is 0. The summed E-state index contributed by atoms with van der Waals surface area (Å²) in [5.74, 6) is 0.907. The van der Waals surface area contributed by atoms with Crippen molar-refractivity contribution < 1.29 is 0 Å². The molecule has 1 radical (unpaired) electrons. The minimum absolute atomic E-state index is 0.907. The first-order chi connectivity index (χ1) is 5.33. The van der Waals surface area contributed by atoms with Gasteiger partial charge in [0.2, 0.25) is 0 Å². The molecular weight excluding hydrogens is 134 g/mol. The van der Waals surface area contributed by atoms with Gasteiger partial charge in [-0.15, -0.1) is 0 Å². The van der Waals surface area contributed by atoms with Crippen molar-refractivity contribution in [3.63, 3.8) is 0 Å². The Balaban J connectivity index is 2.27. The number of hydrogen-bond donors (Lipinski definition) is 0. The molecule has 1 rings (SSSR count). The van der Waals surface area contributed by atoms with Crippen molar-refractivity contribution >= 4 is 0 Å². The monoisotopic (exact) mass is 154 g/mol. The highest BCUT2D eigenvalue weighted by Gasteiger charge is 2.12. The van der Waals surface area contributed by atoms with E-state index in [-0.39, 0.29) is 0 Å².